The van der Waals surface area contributed by atoms with E-state index in [0.29, 0.717) is 10.6 Å². The van der Waals surface area contributed by atoms with Crippen LogP contribution in [0.15, 0.2) is 53.4 Å². The molecule has 0 radical (unpaired) electrons. The molecule has 3 rings (SSSR count). The molecule has 0 bridgehead atoms. The Kier molecular flexibility index (Phi) is 5.88. The van der Waals surface area contributed by atoms with Crippen LogP contribution in [0.3, 0.4) is 0 Å². The summed E-state index contributed by atoms with van der Waals surface area (Å²) in [5.74, 6) is -1.49. The average Bonchev–Trinajstić information content (AvgIpc) is 2.94. The van der Waals surface area contributed by atoms with Gasteiger partial charge in [0.25, 0.3) is 11.8 Å². The lowest BCUT2D eigenvalue weighted by Crippen LogP contribution is -2.50. The Balaban J connectivity index is 1.72. The second kappa shape index (κ2) is 8.12. The van der Waals surface area contributed by atoms with Crippen molar-refractivity contribution in [2.45, 2.75) is 31.2 Å². The van der Waals surface area contributed by atoms with E-state index in [1.165, 1.54) is 26.1 Å². The number of urea groups is 1. The van der Waals surface area contributed by atoms with Gasteiger partial charge in [0.1, 0.15) is 5.54 Å². The van der Waals surface area contributed by atoms with Crippen LogP contribution in [0.1, 0.15) is 23.6 Å². The lowest BCUT2D eigenvalue weighted by atomic mass is 9.92. The topological polar surface area (TPSA) is 116 Å². The molecule has 1 saturated heterocycles. The van der Waals surface area contributed by atoms with Crippen molar-refractivity contribution in [1.82, 2.24) is 20.1 Å². The number of hydrazine groups is 1. The van der Waals surface area contributed by atoms with E-state index in [9.17, 15) is 22.8 Å². The third-order valence-corrected chi connectivity index (χ3v) is 7.13. The Labute approximate surface area is 181 Å². The Morgan fingerprint density at radius 3 is 2.35 bits per heavy atom. The largest absolute Gasteiger partial charge is 0.344 e. The number of imide groups is 1. The minimum atomic E-state index is -3.93. The number of nitrogens with zero attached hydrogens (tertiary/aromatic N) is 2. The van der Waals surface area contributed by atoms with E-state index in [1.807, 2.05) is 6.92 Å². The summed E-state index contributed by atoms with van der Waals surface area (Å²) in [4.78, 5) is 37.7. The number of carbonyl (C=O) groups is 3. The molecule has 4 amide bonds. The van der Waals surface area contributed by atoms with Gasteiger partial charge in [0.05, 0.1) is 11.4 Å². The van der Waals surface area contributed by atoms with Crippen LogP contribution in [0.25, 0.3) is 0 Å². The number of sulfonamides is 1. The fourth-order valence-corrected chi connectivity index (χ4v) is 4.42. The standard InChI is InChI=1S/C21H24N4O5S/c1-14-10-11-17(12-15(14)2)31(29,30)24(4)13-18(26)23-25-19(27)21(3,22-20(25)28)16-8-6-5-7-9-16/h5-12H,13H2,1-4H3,(H,22,28)(H,23,26)/t21-/m0/s1. The van der Waals surface area contributed by atoms with E-state index in [2.05, 4.69) is 10.7 Å². The van der Waals surface area contributed by atoms with Crippen molar-refractivity contribution in [3.63, 3.8) is 0 Å². The van der Waals surface area contributed by atoms with Crippen LogP contribution < -0.4 is 10.7 Å². The van der Waals surface area contributed by atoms with E-state index in [0.717, 1.165) is 15.4 Å². The number of hydrogen-bond acceptors (Lipinski definition) is 5. The van der Waals surface area contributed by atoms with Crippen LogP contribution in [0.5, 0.6) is 0 Å². The van der Waals surface area contributed by atoms with Crippen molar-refractivity contribution in [1.29, 1.82) is 0 Å². The van der Waals surface area contributed by atoms with Crippen molar-refractivity contribution < 1.29 is 22.8 Å². The monoisotopic (exact) mass is 444 g/mol. The zero-order chi connectivity index (χ0) is 23.0. The van der Waals surface area contributed by atoms with Gasteiger partial charge in [-0.2, -0.15) is 9.31 Å². The molecule has 1 fully saturated rings. The van der Waals surface area contributed by atoms with Crippen LogP contribution in [-0.2, 0) is 25.2 Å². The normalized spacial score (nSPS) is 18.9. The molecule has 10 heteroatoms. The maximum atomic E-state index is 12.8. The lowest BCUT2D eigenvalue weighted by Gasteiger charge is -2.22. The Bertz CT molecular complexity index is 1150. The highest BCUT2D eigenvalue weighted by molar-refractivity contribution is 7.89. The van der Waals surface area contributed by atoms with Crippen molar-refractivity contribution in [3.05, 3.63) is 65.2 Å². The highest BCUT2D eigenvalue weighted by Crippen LogP contribution is 2.27. The molecular weight excluding hydrogens is 420 g/mol. The smallest absolute Gasteiger partial charge is 0.318 e. The second-order valence-electron chi connectivity index (χ2n) is 7.60. The highest BCUT2D eigenvalue weighted by atomic mass is 32.2. The zero-order valence-electron chi connectivity index (χ0n) is 17.7. The minimum Gasteiger partial charge on any atom is -0.318 e. The SMILES string of the molecule is Cc1ccc(S(=O)(=O)N(C)CC(=O)NN2C(=O)N[C@@](C)(c3ccccc3)C2=O)cc1C. The van der Waals surface area contributed by atoms with Gasteiger partial charge < -0.3 is 5.32 Å². The van der Waals surface area contributed by atoms with Crippen LogP contribution in [0.4, 0.5) is 4.79 Å². The molecule has 0 aliphatic carbocycles. The first-order valence-corrected chi connectivity index (χ1v) is 11.0. The van der Waals surface area contributed by atoms with E-state index >= 15 is 0 Å². The quantitative estimate of drug-likeness (QED) is 0.654. The third kappa shape index (κ3) is 4.17. The lowest BCUT2D eigenvalue weighted by molar-refractivity contribution is -0.138. The molecule has 0 spiro atoms. The van der Waals surface area contributed by atoms with Gasteiger partial charge in [-0.3, -0.25) is 15.0 Å². The van der Waals surface area contributed by atoms with E-state index < -0.39 is 40.0 Å². The minimum absolute atomic E-state index is 0.0533. The molecule has 0 unspecified atom stereocenters. The van der Waals surface area contributed by atoms with Crippen LogP contribution >= 0.6 is 0 Å². The van der Waals surface area contributed by atoms with Crippen molar-refractivity contribution in [2.24, 2.45) is 0 Å². The number of aryl methyl sites for hydroxylation is 2. The summed E-state index contributed by atoms with van der Waals surface area (Å²) >= 11 is 0. The predicted molar refractivity (Wildman–Crippen MR) is 113 cm³/mol. The van der Waals surface area contributed by atoms with Crippen molar-refractivity contribution >= 4 is 27.9 Å². The summed E-state index contributed by atoms with van der Waals surface area (Å²) in [5, 5.41) is 3.14. The first kappa shape index (κ1) is 22.4. The Morgan fingerprint density at radius 1 is 1.10 bits per heavy atom. The molecule has 164 valence electrons. The van der Waals surface area contributed by atoms with Gasteiger partial charge in [0, 0.05) is 7.05 Å². The molecular formula is C21H24N4O5S. The van der Waals surface area contributed by atoms with Gasteiger partial charge in [-0.15, -0.1) is 0 Å². The molecule has 31 heavy (non-hydrogen) atoms. The summed E-state index contributed by atoms with van der Waals surface area (Å²) in [6.07, 6.45) is 0. The van der Waals surface area contributed by atoms with E-state index in [1.54, 1.807) is 43.3 Å². The zero-order valence-corrected chi connectivity index (χ0v) is 18.5. The summed E-state index contributed by atoms with van der Waals surface area (Å²) in [5.41, 5.74) is 3.16. The molecule has 9 nitrogen and oxygen atoms in total. The molecule has 2 N–H and O–H groups in total. The predicted octanol–water partition coefficient (Wildman–Crippen LogP) is 1.42. The van der Waals surface area contributed by atoms with Gasteiger partial charge in [-0.05, 0) is 49.6 Å². The van der Waals surface area contributed by atoms with Gasteiger partial charge in [-0.25, -0.2) is 13.2 Å². The maximum absolute atomic E-state index is 12.8. The van der Waals surface area contributed by atoms with Gasteiger partial charge in [-0.1, -0.05) is 36.4 Å². The number of likely N-dealkylation sites (N-methyl/N-ethyl adjacent to an activating group) is 1. The molecule has 0 saturated carbocycles. The van der Waals surface area contributed by atoms with Gasteiger partial charge in [0.2, 0.25) is 10.0 Å². The fourth-order valence-electron chi connectivity index (χ4n) is 3.21. The first-order chi connectivity index (χ1) is 14.5. The molecule has 1 aliphatic heterocycles. The fraction of sp³-hybridized carbons (Fsp3) is 0.286. The van der Waals surface area contributed by atoms with Crippen LogP contribution in [0, 0.1) is 13.8 Å². The Morgan fingerprint density at radius 2 is 1.74 bits per heavy atom. The van der Waals surface area contributed by atoms with Gasteiger partial charge in [0.15, 0.2) is 0 Å². The molecule has 2 aromatic carbocycles. The molecule has 0 aromatic heterocycles. The maximum Gasteiger partial charge on any atom is 0.344 e. The summed E-state index contributed by atoms with van der Waals surface area (Å²) in [6, 6.07) is 12.5. The molecule has 1 atom stereocenters. The summed E-state index contributed by atoms with van der Waals surface area (Å²) in [6.45, 7) is 4.62. The van der Waals surface area contributed by atoms with E-state index in [4.69, 9.17) is 0 Å². The van der Waals surface area contributed by atoms with Crippen molar-refractivity contribution in [3.8, 4) is 0 Å². The van der Waals surface area contributed by atoms with E-state index in [-0.39, 0.29) is 4.90 Å². The summed E-state index contributed by atoms with van der Waals surface area (Å²) in [7, 11) is -2.68. The van der Waals surface area contributed by atoms with Crippen molar-refractivity contribution in [2.75, 3.05) is 13.6 Å². The number of hydrogen-bond donors (Lipinski definition) is 2. The number of benzene rings is 2. The third-order valence-electron chi connectivity index (χ3n) is 5.33. The molecule has 1 heterocycles. The van der Waals surface area contributed by atoms with Crippen LogP contribution in [-0.4, -0.2) is 49.2 Å². The number of carbonyl (C=O) groups excluding carboxylic acids is 3. The van der Waals surface area contributed by atoms with Gasteiger partial charge >= 0.3 is 6.03 Å². The highest BCUT2D eigenvalue weighted by Gasteiger charge is 2.50. The molecule has 2 aromatic rings. The van der Waals surface area contributed by atoms with Crippen LogP contribution in [0.2, 0.25) is 0 Å². The first-order valence-electron chi connectivity index (χ1n) is 9.52. The second-order valence-corrected chi connectivity index (χ2v) is 9.65. The number of rotatable bonds is 6. The number of nitrogens with one attached hydrogen (secondary N) is 2. The number of amides is 4. The molecule has 1 aliphatic rings. The average molecular weight is 445 g/mol. The summed E-state index contributed by atoms with van der Waals surface area (Å²) < 4.78 is 26.4. The Hall–Kier alpha value is -3.24.